The average Bonchev–Trinajstić information content (AvgIpc) is 2.60. The van der Waals surface area contributed by atoms with Gasteiger partial charge in [-0.05, 0) is 48.9 Å². The molecule has 0 aliphatic rings. The lowest BCUT2D eigenvalue weighted by atomic mass is 10.1. The molecule has 26 heavy (non-hydrogen) atoms. The molecule has 130 valence electrons. The third-order valence-corrected chi connectivity index (χ3v) is 3.80. The number of carbonyl (C=O) groups is 2. The van der Waals surface area contributed by atoms with Crippen LogP contribution in [0, 0.1) is 12.7 Å². The number of hydrogen-bond acceptors (Lipinski definition) is 3. The number of aryl methyl sites for hydroxylation is 1. The van der Waals surface area contributed by atoms with Gasteiger partial charge in [-0.1, -0.05) is 12.1 Å². The second kappa shape index (κ2) is 7.14. The van der Waals surface area contributed by atoms with Gasteiger partial charge in [-0.15, -0.1) is 0 Å². The molecule has 5 nitrogen and oxygen atoms in total. The number of hydrogen-bond donors (Lipinski definition) is 2. The van der Waals surface area contributed by atoms with Crippen molar-refractivity contribution in [2.24, 2.45) is 0 Å². The van der Waals surface area contributed by atoms with Crippen molar-refractivity contribution in [2.45, 2.75) is 6.92 Å². The van der Waals surface area contributed by atoms with Crippen LogP contribution in [-0.2, 0) is 4.79 Å². The maximum absolute atomic E-state index is 13.3. The standard InChI is InChI=1S/C20H15FN2O3/c1-12-17(10-14-5-6-15(21)11-18(14)22-12)20(26)23-16-7-2-13(3-8-16)4-9-19(24)25/h2-11H,1H3,(H,23,26)(H,24,25)/b9-4+. The summed E-state index contributed by atoms with van der Waals surface area (Å²) in [7, 11) is 0. The lowest BCUT2D eigenvalue weighted by Crippen LogP contribution is -2.14. The van der Waals surface area contributed by atoms with E-state index < -0.39 is 5.97 Å². The first-order chi connectivity index (χ1) is 12.4. The number of pyridine rings is 1. The third kappa shape index (κ3) is 3.92. The summed E-state index contributed by atoms with van der Waals surface area (Å²) in [6.45, 7) is 1.69. The van der Waals surface area contributed by atoms with Crippen LogP contribution < -0.4 is 5.32 Å². The number of halogens is 1. The number of rotatable bonds is 4. The molecular weight excluding hydrogens is 335 g/mol. The molecule has 0 radical (unpaired) electrons. The summed E-state index contributed by atoms with van der Waals surface area (Å²) in [6, 6.07) is 12.7. The fraction of sp³-hybridized carbons (Fsp3) is 0.0500. The van der Waals surface area contributed by atoms with Crippen molar-refractivity contribution < 1.29 is 19.1 Å². The lowest BCUT2D eigenvalue weighted by molar-refractivity contribution is -0.131. The largest absolute Gasteiger partial charge is 0.478 e. The minimum absolute atomic E-state index is 0.324. The second-order valence-corrected chi connectivity index (χ2v) is 5.71. The molecule has 3 aromatic rings. The van der Waals surface area contributed by atoms with Crippen molar-refractivity contribution >= 4 is 34.5 Å². The summed E-state index contributed by atoms with van der Waals surface area (Å²) in [5.74, 6) is -1.73. The van der Waals surface area contributed by atoms with Crippen molar-refractivity contribution in [1.82, 2.24) is 4.98 Å². The Kier molecular flexibility index (Phi) is 4.75. The summed E-state index contributed by atoms with van der Waals surface area (Å²) < 4.78 is 13.3. The average molecular weight is 350 g/mol. The number of carboxylic acid groups (broad SMARTS) is 1. The zero-order valence-electron chi connectivity index (χ0n) is 13.9. The van der Waals surface area contributed by atoms with Crippen molar-refractivity contribution in [1.29, 1.82) is 0 Å². The van der Waals surface area contributed by atoms with Gasteiger partial charge < -0.3 is 10.4 Å². The quantitative estimate of drug-likeness (QED) is 0.696. The Morgan fingerprint density at radius 3 is 2.54 bits per heavy atom. The Morgan fingerprint density at radius 1 is 1.12 bits per heavy atom. The molecule has 0 fully saturated rings. The summed E-state index contributed by atoms with van der Waals surface area (Å²) in [6.07, 6.45) is 2.50. The van der Waals surface area contributed by atoms with Crippen molar-refractivity contribution in [3.63, 3.8) is 0 Å². The van der Waals surface area contributed by atoms with E-state index in [0.717, 1.165) is 6.08 Å². The van der Waals surface area contributed by atoms with Gasteiger partial charge in [-0.2, -0.15) is 0 Å². The fourth-order valence-corrected chi connectivity index (χ4v) is 2.51. The van der Waals surface area contributed by atoms with Crippen molar-refractivity contribution in [2.75, 3.05) is 5.32 Å². The molecule has 3 rings (SSSR count). The maximum atomic E-state index is 13.3. The Morgan fingerprint density at radius 2 is 1.85 bits per heavy atom. The van der Waals surface area contributed by atoms with E-state index in [4.69, 9.17) is 5.11 Å². The molecule has 0 aliphatic heterocycles. The molecule has 0 spiro atoms. The number of nitrogens with one attached hydrogen (secondary N) is 1. The Hall–Kier alpha value is -3.54. The van der Waals surface area contributed by atoms with Gasteiger partial charge in [0, 0.05) is 23.2 Å². The molecule has 0 bridgehead atoms. The highest BCUT2D eigenvalue weighted by Crippen LogP contribution is 2.19. The molecule has 2 N–H and O–H groups in total. The summed E-state index contributed by atoms with van der Waals surface area (Å²) in [5.41, 5.74) is 2.67. The number of aliphatic carboxylic acids is 1. The minimum Gasteiger partial charge on any atom is -0.478 e. The smallest absolute Gasteiger partial charge is 0.328 e. The highest BCUT2D eigenvalue weighted by atomic mass is 19.1. The normalized spacial score (nSPS) is 11.0. The first kappa shape index (κ1) is 17.3. The van der Waals surface area contributed by atoms with E-state index in [9.17, 15) is 14.0 Å². The molecule has 1 aromatic heterocycles. The topological polar surface area (TPSA) is 79.3 Å². The number of amides is 1. The number of carbonyl (C=O) groups excluding carboxylic acids is 1. The zero-order valence-corrected chi connectivity index (χ0v) is 13.9. The Labute approximate surface area is 148 Å². The van der Waals surface area contributed by atoms with Crippen LogP contribution in [0.2, 0.25) is 0 Å². The number of carboxylic acids is 1. The summed E-state index contributed by atoms with van der Waals surface area (Å²) in [4.78, 5) is 27.3. The van der Waals surface area contributed by atoms with Gasteiger partial charge >= 0.3 is 5.97 Å². The van der Waals surface area contributed by atoms with Crippen LogP contribution in [0.15, 0.2) is 54.6 Å². The molecule has 0 saturated heterocycles. The van der Waals surface area contributed by atoms with Crippen molar-refractivity contribution in [3.05, 3.63) is 77.2 Å². The number of aromatic nitrogens is 1. The highest BCUT2D eigenvalue weighted by molar-refractivity contribution is 6.06. The van der Waals surface area contributed by atoms with Crippen LogP contribution in [0.4, 0.5) is 10.1 Å². The fourth-order valence-electron chi connectivity index (χ4n) is 2.51. The minimum atomic E-state index is -1.03. The van der Waals surface area contributed by atoms with E-state index in [1.807, 2.05) is 0 Å². The Balaban J connectivity index is 1.81. The van der Waals surface area contributed by atoms with Gasteiger partial charge in [0.2, 0.25) is 0 Å². The van der Waals surface area contributed by atoms with E-state index in [1.165, 1.54) is 18.2 Å². The molecule has 1 amide bonds. The van der Waals surface area contributed by atoms with Gasteiger partial charge in [-0.3, -0.25) is 9.78 Å². The highest BCUT2D eigenvalue weighted by Gasteiger charge is 2.12. The summed E-state index contributed by atoms with van der Waals surface area (Å²) in [5, 5.41) is 12.1. The van der Waals surface area contributed by atoms with E-state index in [0.29, 0.717) is 33.4 Å². The number of nitrogens with zero attached hydrogens (tertiary/aromatic N) is 1. The first-order valence-corrected chi connectivity index (χ1v) is 7.82. The molecule has 2 aromatic carbocycles. The van der Waals surface area contributed by atoms with Crippen LogP contribution in [0.1, 0.15) is 21.6 Å². The molecular formula is C20H15FN2O3. The SMILES string of the molecule is Cc1nc2cc(F)ccc2cc1C(=O)Nc1ccc(/C=C/C(=O)O)cc1. The van der Waals surface area contributed by atoms with Crippen LogP contribution >= 0.6 is 0 Å². The Bertz CT molecular complexity index is 1030. The second-order valence-electron chi connectivity index (χ2n) is 5.71. The van der Waals surface area contributed by atoms with Gasteiger partial charge in [0.05, 0.1) is 16.8 Å². The molecule has 1 heterocycles. The molecule has 0 saturated carbocycles. The summed E-state index contributed by atoms with van der Waals surface area (Å²) >= 11 is 0. The van der Waals surface area contributed by atoms with Crippen molar-refractivity contribution in [3.8, 4) is 0 Å². The van der Waals surface area contributed by atoms with Gasteiger partial charge in [-0.25, -0.2) is 9.18 Å². The van der Waals surface area contributed by atoms with Crippen LogP contribution in [0.5, 0.6) is 0 Å². The predicted molar refractivity (Wildman–Crippen MR) is 97.5 cm³/mol. The maximum Gasteiger partial charge on any atom is 0.328 e. The first-order valence-electron chi connectivity index (χ1n) is 7.82. The monoisotopic (exact) mass is 350 g/mol. The molecule has 0 atom stereocenters. The van der Waals surface area contributed by atoms with Gasteiger partial charge in [0.1, 0.15) is 5.82 Å². The van der Waals surface area contributed by atoms with Gasteiger partial charge in [0.25, 0.3) is 5.91 Å². The number of benzene rings is 2. The molecule has 6 heteroatoms. The zero-order chi connectivity index (χ0) is 18.7. The molecule has 0 unspecified atom stereocenters. The van der Waals surface area contributed by atoms with E-state index in [1.54, 1.807) is 43.3 Å². The third-order valence-electron chi connectivity index (χ3n) is 3.80. The van der Waals surface area contributed by atoms with E-state index >= 15 is 0 Å². The lowest BCUT2D eigenvalue weighted by Gasteiger charge is -2.09. The van der Waals surface area contributed by atoms with E-state index in [2.05, 4.69) is 10.3 Å². The van der Waals surface area contributed by atoms with Gasteiger partial charge in [0.15, 0.2) is 0 Å². The molecule has 0 aliphatic carbocycles. The van der Waals surface area contributed by atoms with Crippen LogP contribution in [0.3, 0.4) is 0 Å². The van der Waals surface area contributed by atoms with E-state index in [-0.39, 0.29) is 11.7 Å². The number of anilines is 1. The number of fused-ring (bicyclic) bond motifs is 1. The predicted octanol–water partition coefficient (Wildman–Crippen LogP) is 4.03. The van der Waals surface area contributed by atoms with Crippen LogP contribution in [-0.4, -0.2) is 22.0 Å². The van der Waals surface area contributed by atoms with Crippen LogP contribution in [0.25, 0.3) is 17.0 Å².